The summed E-state index contributed by atoms with van der Waals surface area (Å²) in [6.07, 6.45) is 14.2. The predicted octanol–water partition coefficient (Wildman–Crippen LogP) is 13.3. The fraction of sp³-hybridized carbons (Fsp3) is 0.659. The van der Waals surface area contributed by atoms with E-state index in [1.165, 1.54) is 67.3 Å². The second-order valence-corrected chi connectivity index (χ2v) is 34.6. The number of nitrogens with one attached hydrogen (secondary N) is 2. The molecule has 5 heterocycles. The monoisotopic (exact) mass is 1670 g/mol. The molecule has 1 aliphatic heterocycles. The number of pyridine rings is 2. The molecule has 0 bridgehead atoms. The molecular formula is C91H140N12O17. The standard InChI is InChI=1S/C75H119N9O15.C16H21N3O2/c1-21-23-26-49(13)70(91)56-41-64(88)68(48(11)12)84(20)74(95)54(35-44(3)4)39-63(87)60(37-46(7)8)81(17)73(94)51(15)79-71(92)50(14)38-62(86)59(36-45(5)6)82(18)75(96)55(47(9)10)40-65(89)69(83(19)67(90)30-29-61(85)57(22-2)80-72(56)93)52(16)97-34-25-24-32-77-98-43-53-27-28-58(76-42-53)66-31-33-78-99-66;1-13(2)5-3-4-9-18-20-12-14-6-7-15(17-11-14)16-8-10-19-21-16/h21,23,27-28,31-33,42,44-52,54-57,59-60,68-70,91H,22,24-26,29-30,34-41,43H2,1-20H3,(H,79,92)(H,80,93);6-11,13H,3-5,12H2,1-2H3/b23-21+,77-32+;18-9+/t49-,50-,51-,52-,54-,55+,56+,57+,59+,60+,68+,69+,70-;/m1./s1. The number of aliphatic hydroxyl groups excluding tert-OH is 1. The third-order valence-corrected chi connectivity index (χ3v) is 21.8. The van der Waals surface area contributed by atoms with Crippen LogP contribution in [0.3, 0.4) is 0 Å². The van der Waals surface area contributed by atoms with Crippen LogP contribution in [0.15, 0.2) is 92.7 Å². The molecular weight excluding hydrogens is 1530 g/mol. The summed E-state index contributed by atoms with van der Waals surface area (Å²) in [5.41, 5.74) is 3.11. The number of nitrogens with zero attached hydrogens (tertiary/aromatic N) is 10. The third-order valence-electron chi connectivity index (χ3n) is 21.8. The Labute approximate surface area is 711 Å². The van der Waals surface area contributed by atoms with Crippen molar-refractivity contribution in [1.82, 2.24) is 50.5 Å². The van der Waals surface area contributed by atoms with E-state index in [1.54, 1.807) is 104 Å². The lowest BCUT2D eigenvalue weighted by Gasteiger charge is -2.36. The fourth-order valence-electron chi connectivity index (χ4n) is 14.8. The maximum absolute atomic E-state index is 15.1. The van der Waals surface area contributed by atoms with Crippen molar-refractivity contribution >= 4 is 76.8 Å². The zero-order valence-electron chi connectivity index (χ0n) is 75.4. The maximum Gasteiger partial charge on any atom is 0.245 e. The van der Waals surface area contributed by atoms with Gasteiger partial charge in [0.25, 0.3) is 0 Å². The Kier molecular flexibility index (Phi) is 45.1. The van der Waals surface area contributed by atoms with Gasteiger partial charge in [0.15, 0.2) is 40.4 Å². The Morgan fingerprint density at radius 3 is 1.54 bits per heavy atom. The van der Waals surface area contributed by atoms with E-state index in [1.807, 2.05) is 79.0 Å². The number of allylic oxidation sites excluding steroid dienone is 2. The molecule has 4 aromatic rings. The van der Waals surface area contributed by atoms with Gasteiger partial charge in [-0.3, -0.25) is 62.7 Å². The van der Waals surface area contributed by atoms with Gasteiger partial charge >= 0.3 is 0 Å². The van der Waals surface area contributed by atoms with E-state index in [0.717, 1.165) is 35.6 Å². The molecule has 0 aliphatic carbocycles. The van der Waals surface area contributed by atoms with Gasteiger partial charge in [0.05, 0.1) is 54.7 Å². The first-order valence-corrected chi connectivity index (χ1v) is 42.9. The minimum Gasteiger partial charge on any atom is -0.392 e. The van der Waals surface area contributed by atoms with Crippen molar-refractivity contribution in [2.24, 2.45) is 75.4 Å². The highest BCUT2D eigenvalue weighted by Gasteiger charge is 2.44. The molecule has 13 atom stereocenters. The normalized spacial score (nSPS) is 22.7. The van der Waals surface area contributed by atoms with Gasteiger partial charge in [0, 0.05) is 139 Å². The molecule has 29 heteroatoms. The van der Waals surface area contributed by atoms with Crippen molar-refractivity contribution in [3.8, 4) is 22.9 Å². The molecule has 0 saturated carbocycles. The van der Waals surface area contributed by atoms with Gasteiger partial charge in [-0.25, -0.2) is 0 Å². The van der Waals surface area contributed by atoms with Crippen molar-refractivity contribution in [1.29, 1.82) is 0 Å². The van der Waals surface area contributed by atoms with E-state index >= 15 is 4.79 Å². The van der Waals surface area contributed by atoms with Crippen molar-refractivity contribution in [2.45, 2.75) is 289 Å². The van der Waals surface area contributed by atoms with E-state index in [2.05, 4.69) is 55.1 Å². The number of likely N-dealkylation sites (N-methyl/N-ethyl adjacent to an activating group) is 4. The number of aliphatic hydroxyl groups is 1. The SMILES string of the molecule is C/C=C/C[C@@H](C)[C@@H](O)[C@@H]1CC(=O)[C@H](C(C)C)N(C)C(=O)[C@H](CC(C)C)CC(=O)[C@H](CC(C)C)N(C)C(=O)[C@@H](C)NC(=O)[C@H](C)CC(=O)[C@H](CC(C)C)N(C)C(=O)[C@H](C(C)C)CC(=O)[C@H]([C@@H](C)OCCC/C=N/OCc2ccc(-c3ccno3)nc2)N(C)C(=O)CCC(=O)[C@H](CC)NC1=O.CC(C)CCC/C=N/OCc1ccc(-c2ccno2)nc1. The molecule has 1 fully saturated rings. The Hall–Kier alpha value is -9.51. The molecule has 1 aliphatic rings. The van der Waals surface area contributed by atoms with E-state index in [9.17, 15) is 53.1 Å². The lowest BCUT2D eigenvalue weighted by Crippen LogP contribution is -2.53. The van der Waals surface area contributed by atoms with Crippen LogP contribution in [0.5, 0.6) is 0 Å². The molecule has 0 aromatic carbocycles. The van der Waals surface area contributed by atoms with Crippen LogP contribution in [0.25, 0.3) is 22.9 Å². The highest BCUT2D eigenvalue weighted by molar-refractivity contribution is 5.99. The number of aromatic nitrogens is 4. The molecule has 29 nitrogen and oxygen atoms in total. The molecule has 0 radical (unpaired) electrons. The molecule has 5 rings (SSSR count). The minimum absolute atomic E-state index is 0.0680. The number of carbonyl (C=O) groups is 11. The van der Waals surface area contributed by atoms with Gasteiger partial charge in [-0.1, -0.05) is 155 Å². The summed E-state index contributed by atoms with van der Waals surface area (Å²) >= 11 is 0. The molecule has 0 unspecified atom stereocenters. The first kappa shape index (κ1) is 103. The summed E-state index contributed by atoms with van der Waals surface area (Å²) in [4.78, 5) is 186. The largest absolute Gasteiger partial charge is 0.392 e. The molecule has 6 amide bonds. The topological polar surface area (TPSA) is 375 Å². The van der Waals surface area contributed by atoms with Crippen LogP contribution in [0.4, 0.5) is 0 Å². The van der Waals surface area contributed by atoms with Crippen LogP contribution in [0.1, 0.15) is 238 Å². The number of ether oxygens (including phenoxy) is 1. The second kappa shape index (κ2) is 52.6. The minimum atomic E-state index is -1.40. The summed E-state index contributed by atoms with van der Waals surface area (Å²) in [5, 5.41) is 33.0. The van der Waals surface area contributed by atoms with Crippen LogP contribution >= 0.6 is 0 Å². The summed E-state index contributed by atoms with van der Waals surface area (Å²) < 4.78 is 16.5. The maximum atomic E-state index is 15.1. The van der Waals surface area contributed by atoms with Gasteiger partial charge < -0.3 is 58.8 Å². The van der Waals surface area contributed by atoms with Gasteiger partial charge in [0.1, 0.15) is 36.7 Å². The average Bonchev–Trinajstić information content (AvgIpc) is 0.995. The number of ketones is 5. The number of unbranched alkanes of at least 4 members (excludes halogenated alkanes) is 2. The summed E-state index contributed by atoms with van der Waals surface area (Å²) in [6.45, 7) is 33.5. The number of Topliss-reactive ketones (excluding diaryl/α,β-unsaturated/α-hetero) is 5. The quantitative estimate of drug-likeness (QED) is 0.0182. The number of rotatable bonds is 31. The van der Waals surface area contributed by atoms with Crippen molar-refractivity contribution in [2.75, 3.05) is 34.8 Å². The van der Waals surface area contributed by atoms with E-state index in [0.29, 0.717) is 43.1 Å². The Balaban J connectivity index is 0.00000124. The van der Waals surface area contributed by atoms with Crippen LogP contribution < -0.4 is 10.6 Å². The van der Waals surface area contributed by atoms with E-state index < -0.39 is 167 Å². The zero-order valence-corrected chi connectivity index (χ0v) is 75.4. The summed E-state index contributed by atoms with van der Waals surface area (Å²) in [7, 11) is 5.88. The van der Waals surface area contributed by atoms with E-state index in [-0.39, 0.29) is 82.3 Å². The Bertz CT molecular complexity index is 3920. The lowest BCUT2D eigenvalue weighted by atomic mass is 9.82. The average molecular weight is 1670 g/mol. The highest BCUT2D eigenvalue weighted by atomic mass is 16.6. The number of amides is 6. The third kappa shape index (κ3) is 33.8. The van der Waals surface area contributed by atoms with Crippen LogP contribution in [0, 0.1) is 65.1 Å². The zero-order chi connectivity index (χ0) is 89.6. The first-order valence-electron chi connectivity index (χ1n) is 42.9. The predicted molar refractivity (Wildman–Crippen MR) is 460 cm³/mol. The molecule has 120 heavy (non-hydrogen) atoms. The van der Waals surface area contributed by atoms with Crippen molar-refractivity contribution < 1.29 is 81.3 Å². The number of hydrogen-bond donors (Lipinski definition) is 3. The number of hydrogen-bond acceptors (Lipinski definition) is 23. The summed E-state index contributed by atoms with van der Waals surface area (Å²) in [6, 6.07) is 4.10. The van der Waals surface area contributed by atoms with Crippen molar-refractivity contribution in [3.05, 3.63) is 84.5 Å². The van der Waals surface area contributed by atoms with Gasteiger partial charge in [-0.05, 0) is 132 Å². The smallest absolute Gasteiger partial charge is 0.245 e. The summed E-state index contributed by atoms with van der Waals surface area (Å²) in [5.74, 6) is -10.3. The molecule has 1 saturated heterocycles. The van der Waals surface area contributed by atoms with Gasteiger partial charge in [-0.2, -0.15) is 0 Å². The number of carbonyl (C=O) groups excluding carboxylic acids is 11. The Morgan fingerprint density at radius 1 is 0.550 bits per heavy atom. The molecule has 666 valence electrons. The fourth-order valence-corrected chi connectivity index (χ4v) is 14.8. The second-order valence-electron chi connectivity index (χ2n) is 34.6. The highest BCUT2D eigenvalue weighted by Crippen LogP contribution is 2.31. The number of oxime groups is 2. The first-order chi connectivity index (χ1) is 56.7. The Morgan fingerprint density at radius 2 is 1.07 bits per heavy atom. The van der Waals surface area contributed by atoms with Gasteiger partial charge in [0.2, 0.25) is 35.4 Å². The van der Waals surface area contributed by atoms with Crippen LogP contribution in [-0.2, 0) is 80.4 Å². The van der Waals surface area contributed by atoms with Crippen LogP contribution in [-0.4, -0.2) is 205 Å². The lowest BCUT2D eigenvalue weighted by molar-refractivity contribution is -0.148. The van der Waals surface area contributed by atoms with Gasteiger partial charge in [-0.15, -0.1) is 0 Å². The van der Waals surface area contributed by atoms with E-state index in [4.69, 9.17) is 23.5 Å². The van der Waals surface area contributed by atoms with Crippen molar-refractivity contribution in [3.63, 3.8) is 0 Å². The molecule has 0 spiro atoms. The molecule has 4 aromatic heterocycles. The molecule has 3 N–H and O–H groups in total. The van der Waals surface area contributed by atoms with Crippen LogP contribution in [0.2, 0.25) is 0 Å².